The Morgan fingerprint density at radius 3 is 2.18 bits per heavy atom. The minimum Gasteiger partial charge on any atom is -0.399 e. The van der Waals surface area contributed by atoms with Gasteiger partial charge in [-0.3, -0.25) is 4.79 Å². The van der Waals surface area contributed by atoms with Crippen molar-refractivity contribution >= 4 is 17.3 Å². The molecule has 1 rings (SSSR count). The standard InChI is InChI=1S/C13H21N3O/c1-4-5-16(9(2)3)13(17)10-6-11(14)8-12(15)7-10/h6-9H,4-5,14-15H2,1-3H3. The van der Waals surface area contributed by atoms with Crippen LogP contribution in [0.15, 0.2) is 18.2 Å². The van der Waals surface area contributed by atoms with Crippen molar-refractivity contribution in [2.75, 3.05) is 18.0 Å². The third-order valence-electron chi connectivity index (χ3n) is 2.57. The first-order valence-electron chi connectivity index (χ1n) is 5.92. The lowest BCUT2D eigenvalue weighted by molar-refractivity contribution is 0.0706. The number of nitrogen functional groups attached to an aromatic ring is 2. The Kier molecular flexibility index (Phi) is 4.37. The third kappa shape index (κ3) is 3.37. The summed E-state index contributed by atoms with van der Waals surface area (Å²) in [5.41, 5.74) is 13.0. The summed E-state index contributed by atoms with van der Waals surface area (Å²) in [6.45, 7) is 6.80. The van der Waals surface area contributed by atoms with Crippen LogP contribution < -0.4 is 11.5 Å². The number of carbonyl (C=O) groups is 1. The molecule has 0 unspecified atom stereocenters. The van der Waals surface area contributed by atoms with Gasteiger partial charge in [-0.05, 0) is 38.5 Å². The van der Waals surface area contributed by atoms with Crippen molar-refractivity contribution < 1.29 is 4.79 Å². The van der Waals surface area contributed by atoms with Crippen LogP contribution in [0.5, 0.6) is 0 Å². The van der Waals surface area contributed by atoms with Gasteiger partial charge in [0.05, 0.1) is 0 Å². The average Bonchev–Trinajstić information content (AvgIpc) is 2.23. The predicted molar refractivity (Wildman–Crippen MR) is 71.7 cm³/mol. The maximum atomic E-state index is 12.3. The average molecular weight is 235 g/mol. The summed E-state index contributed by atoms with van der Waals surface area (Å²) in [5.74, 6) is -0.0131. The molecular weight excluding hydrogens is 214 g/mol. The summed E-state index contributed by atoms with van der Waals surface area (Å²) in [4.78, 5) is 14.1. The maximum absolute atomic E-state index is 12.3. The summed E-state index contributed by atoms with van der Waals surface area (Å²) >= 11 is 0. The number of hydrogen-bond donors (Lipinski definition) is 2. The Labute approximate surface area is 103 Å². The fraction of sp³-hybridized carbons (Fsp3) is 0.462. The fourth-order valence-corrected chi connectivity index (χ4v) is 1.80. The van der Waals surface area contributed by atoms with E-state index >= 15 is 0 Å². The number of nitrogens with zero attached hydrogens (tertiary/aromatic N) is 1. The van der Waals surface area contributed by atoms with E-state index in [9.17, 15) is 4.79 Å². The van der Waals surface area contributed by atoms with E-state index in [-0.39, 0.29) is 11.9 Å². The fourth-order valence-electron chi connectivity index (χ4n) is 1.80. The Morgan fingerprint density at radius 2 is 1.76 bits per heavy atom. The molecule has 0 aromatic heterocycles. The van der Waals surface area contributed by atoms with Crippen LogP contribution in [0.4, 0.5) is 11.4 Å². The first kappa shape index (κ1) is 13.4. The van der Waals surface area contributed by atoms with E-state index in [0.717, 1.165) is 13.0 Å². The molecule has 1 amide bonds. The van der Waals surface area contributed by atoms with Crippen molar-refractivity contribution in [3.63, 3.8) is 0 Å². The molecule has 0 aliphatic rings. The molecule has 94 valence electrons. The van der Waals surface area contributed by atoms with Crippen molar-refractivity contribution in [2.24, 2.45) is 0 Å². The van der Waals surface area contributed by atoms with E-state index in [2.05, 4.69) is 6.92 Å². The van der Waals surface area contributed by atoms with Crippen LogP contribution in [-0.4, -0.2) is 23.4 Å². The van der Waals surface area contributed by atoms with Gasteiger partial charge in [-0.1, -0.05) is 6.92 Å². The molecule has 0 atom stereocenters. The predicted octanol–water partition coefficient (Wildman–Crippen LogP) is 2.11. The Bertz CT molecular complexity index is 381. The van der Waals surface area contributed by atoms with E-state index in [1.807, 2.05) is 18.7 Å². The van der Waals surface area contributed by atoms with E-state index in [1.165, 1.54) is 0 Å². The normalized spacial score (nSPS) is 10.6. The van der Waals surface area contributed by atoms with Crippen LogP contribution in [0.3, 0.4) is 0 Å². The van der Waals surface area contributed by atoms with Gasteiger partial charge < -0.3 is 16.4 Å². The number of amides is 1. The van der Waals surface area contributed by atoms with E-state index in [0.29, 0.717) is 16.9 Å². The molecule has 0 heterocycles. The molecule has 4 nitrogen and oxygen atoms in total. The second-order valence-corrected chi connectivity index (χ2v) is 4.48. The minimum atomic E-state index is -0.0131. The van der Waals surface area contributed by atoms with Gasteiger partial charge in [-0.2, -0.15) is 0 Å². The molecule has 17 heavy (non-hydrogen) atoms. The first-order chi connectivity index (χ1) is 7.95. The van der Waals surface area contributed by atoms with E-state index in [4.69, 9.17) is 11.5 Å². The van der Waals surface area contributed by atoms with Gasteiger partial charge in [0.2, 0.25) is 0 Å². The number of carbonyl (C=O) groups excluding carboxylic acids is 1. The van der Waals surface area contributed by atoms with Crippen LogP contribution in [0.1, 0.15) is 37.6 Å². The molecule has 4 N–H and O–H groups in total. The Balaban J connectivity index is 3.00. The highest BCUT2D eigenvalue weighted by molar-refractivity contribution is 5.96. The van der Waals surface area contributed by atoms with E-state index < -0.39 is 0 Å². The Hall–Kier alpha value is -1.71. The summed E-state index contributed by atoms with van der Waals surface area (Å²) < 4.78 is 0. The molecule has 0 spiro atoms. The molecule has 0 bridgehead atoms. The Morgan fingerprint density at radius 1 is 1.24 bits per heavy atom. The molecule has 0 saturated heterocycles. The molecule has 0 aliphatic heterocycles. The zero-order chi connectivity index (χ0) is 13.0. The maximum Gasteiger partial charge on any atom is 0.254 e. The zero-order valence-corrected chi connectivity index (χ0v) is 10.7. The molecule has 0 saturated carbocycles. The van der Waals surface area contributed by atoms with E-state index in [1.54, 1.807) is 18.2 Å². The smallest absolute Gasteiger partial charge is 0.254 e. The van der Waals surface area contributed by atoms with Crippen molar-refractivity contribution in [3.8, 4) is 0 Å². The second kappa shape index (κ2) is 5.57. The summed E-state index contributed by atoms with van der Waals surface area (Å²) in [5, 5.41) is 0. The van der Waals surface area contributed by atoms with Gasteiger partial charge in [-0.25, -0.2) is 0 Å². The highest BCUT2D eigenvalue weighted by Gasteiger charge is 2.18. The molecule has 0 radical (unpaired) electrons. The highest BCUT2D eigenvalue weighted by atomic mass is 16.2. The van der Waals surface area contributed by atoms with Crippen molar-refractivity contribution in [1.82, 2.24) is 4.90 Å². The molecule has 1 aromatic rings. The van der Waals surface area contributed by atoms with Crippen molar-refractivity contribution in [1.29, 1.82) is 0 Å². The van der Waals surface area contributed by atoms with Crippen LogP contribution in [0.25, 0.3) is 0 Å². The summed E-state index contributed by atoms with van der Waals surface area (Å²) in [6, 6.07) is 5.16. The number of anilines is 2. The van der Waals surface area contributed by atoms with Gasteiger partial charge in [0.25, 0.3) is 5.91 Å². The third-order valence-corrected chi connectivity index (χ3v) is 2.57. The number of rotatable bonds is 4. The minimum absolute atomic E-state index is 0.0131. The topological polar surface area (TPSA) is 72.3 Å². The van der Waals surface area contributed by atoms with Gasteiger partial charge in [0.15, 0.2) is 0 Å². The largest absolute Gasteiger partial charge is 0.399 e. The monoisotopic (exact) mass is 235 g/mol. The summed E-state index contributed by atoms with van der Waals surface area (Å²) in [7, 11) is 0. The number of hydrogen-bond acceptors (Lipinski definition) is 3. The lowest BCUT2D eigenvalue weighted by Crippen LogP contribution is -2.37. The van der Waals surface area contributed by atoms with Crippen molar-refractivity contribution in [2.45, 2.75) is 33.2 Å². The lowest BCUT2D eigenvalue weighted by atomic mass is 10.1. The highest BCUT2D eigenvalue weighted by Crippen LogP contribution is 2.16. The molecule has 4 heteroatoms. The number of benzene rings is 1. The molecule has 0 fully saturated rings. The SMILES string of the molecule is CCCN(C(=O)c1cc(N)cc(N)c1)C(C)C. The zero-order valence-electron chi connectivity index (χ0n) is 10.7. The first-order valence-corrected chi connectivity index (χ1v) is 5.92. The lowest BCUT2D eigenvalue weighted by Gasteiger charge is -2.26. The molecule has 1 aromatic carbocycles. The van der Waals surface area contributed by atoms with Crippen LogP contribution in [0, 0.1) is 0 Å². The number of nitrogens with two attached hydrogens (primary N) is 2. The van der Waals surface area contributed by atoms with Gasteiger partial charge in [0, 0.05) is 29.5 Å². The van der Waals surface area contributed by atoms with Gasteiger partial charge in [-0.15, -0.1) is 0 Å². The van der Waals surface area contributed by atoms with Crippen LogP contribution in [-0.2, 0) is 0 Å². The van der Waals surface area contributed by atoms with Crippen LogP contribution in [0.2, 0.25) is 0 Å². The van der Waals surface area contributed by atoms with Gasteiger partial charge in [0.1, 0.15) is 0 Å². The molecule has 0 aliphatic carbocycles. The molecular formula is C13H21N3O. The quantitative estimate of drug-likeness (QED) is 0.785. The van der Waals surface area contributed by atoms with Crippen LogP contribution >= 0.6 is 0 Å². The van der Waals surface area contributed by atoms with Gasteiger partial charge >= 0.3 is 0 Å². The van der Waals surface area contributed by atoms with Crippen molar-refractivity contribution in [3.05, 3.63) is 23.8 Å². The second-order valence-electron chi connectivity index (χ2n) is 4.48. The summed E-state index contributed by atoms with van der Waals surface area (Å²) in [6.07, 6.45) is 0.932.